The van der Waals surface area contributed by atoms with Gasteiger partial charge >= 0.3 is 6.09 Å². The summed E-state index contributed by atoms with van der Waals surface area (Å²) in [5.74, 6) is 0.815. The number of carbonyl (C=O) groups excluding carboxylic acids is 1. The number of likely N-dealkylation sites (tertiary alicyclic amines) is 1. The fourth-order valence-corrected chi connectivity index (χ4v) is 3.95. The summed E-state index contributed by atoms with van der Waals surface area (Å²) in [6.45, 7) is 6.85. The first-order valence-corrected chi connectivity index (χ1v) is 10.8. The Hall–Kier alpha value is -3.31. The lowest BCUT2D eigenvalue weighted by atomic mass is 10.1. The minimum absolute atomic E-state index is 0.201. The normalized spacial score (nSPS) is 14.9. The average Bonchev–Trinajstić information content (AvgIpc) is 3.19. The van der Waals surface area contributed by atoms with Crippen molar-refractivity contribution in [2.45, 2.75) is 45.3 Å². The predicted octanol–water partition coefficient (Wildman–Crippen LogP) is 5.32. The molecule has 1 saturated heterocycles. The Kier molecular flexibility index (Phi) is 5.94. The first-order valence-electron chi connectivity index (χ1n) is 10.4. The lowest BCUT2D eigenvalue weighted by molar-refractivity contribution is 0.0189. The standard InChI is InChI=1S/C23H24ClN5O3/c1-23(2,3)32-22(30)28-9-6-16(7-10-28)29-11-8-17-20(29)26-14-27-21(17)31-19-5-4-15(13-25)12-18(19)24/h4-5,8,11-12,14,16H,6-7,9-10H2,1-3H3. The van der Waals surface area contributed by atoms with E-state index in [1.54, 1.807) is 23.1 Å². The second-order valence-electron chi connectivity index (χ2n) is 8.70. The van der Waals surface area contributed by atoms with Gasteiger partial charge in [0.1, 0.15) is 23.3 Å². The molecule has 0 atom stereocenters. The lowest BCUT2D eigenvalue weighted by Gasteiger charge is -2.34. The van der Waals surface area contributed by atoms with E-state index in [-0.39, 0.29) is 12.1 Å². The number of benzene rings is 1. The number of fused-ring (bicyclic) bond motifs is 1. The van der Waals surface area contributed by atoms with Crippen LogP contribution >= 0.6 is 11.6 Å². The molecule has 2 aromatic heterocycles. The molecule has 0 radical (unpaired) electrons. The largest absolute Gasteiger partial charge is 0.444 e. The molecule has 32 heavy (non-hydrogen) atoms. The Morgan fingerprint density at radius 1 is 1.22 bits per heavy atom. The minimum atomic E-state index is -0.504. The predicted molar refractivity (Wildman–Crippen MR) is 120 cm³/mol. The molecule has 3 heterocycles. The number of rotatable bonds is 3. The van der Waals surface area contributed by atoms with Crippen LogP contribution in [-0.2, 0) is 4.74 Å². The molecule has 4 rings (SSSR count). The number of hydrogen-bond acceptors (Lipinski definition) is 6. The van der Waals surface area contributed by atoms with Gasteiger partial charge in [0.25, 0.3) is 0 Å². The van der Waals surface area contributed by atoms with Crippen LogP contribution in [0.5, 0.6) is 11.6 Å². The fourth-order valence-electron chi connectivity index (χ4n) is 3.73. The Labute approximate surface area is 191 Å². The molecule has 9 heteroatoms. The van der Waals surface area contributed by atoms with Gasteiger partial charge in [-0.2, -0.15) is 5.26 Å². The molecule has 8 nitrogen and oxygen atoms in total. The van der Waals surface area contributed by atoms with Crippen molar-refractivity contribution >= 4 is 28.7 Å². The Bertz CT molecular complexity index is 1190. The summed E-state index contributed by atoms with van der Waals surface area (Å²) in [6.07, 6.45) is 4.75. The minimum Gasteiger partial charge on any atom is -0.444 e. The van der Waals surface area contributed by atoms with Crippen LogP contribution in [0, 0.1) is 11.3 Å². The number of nitriles is 1. The van der Waals surface area contributed by atoms with E-state index < -0.39 is 5.60 Å². The van der Waals surface area contributed by atoms with Crippen molar-refractivity contribution in [2.75, 3.05) is 13.1 Å². The molecular formula is C23H24ClN5O3. The monoisotopic (exact) mass is 453 g/mol. The van der Waals surface area contributed by atoms with Gasteiger partial charge in [-0.3, -0.25) is 0 Å². The summed E-state index contributed by atoms with van der Waals surface area (Å²) in [4.78, 5) is 22.8. The Morgan fingerprint density at radius 3 is 2.62 bits per heavy atom. The summed E-state index contributed by atoms with van der Waals surface area (Å²) in [7, 11) is 0. The molecule has 0 saturated carbocycles. The van der Waals surface area contributed by atoms with Gasteiger partial charge < -0.3 is 18.9 Å². The van der Waals surface area contributed by atoms with Crippen LogP contribution in [0.15, 0.2) is 36.8 Å². The first kappa shape index (κ1) is 21.9. The average molecular weight is 454 g/mol. The maximum Gasteiger partial charge on any atom is 0.410 e. The molecule has 166 valence electrons. The number of piperidine rings is 1. The Morgan fingerprint density at radius 2 is 1.97 bits per heavy atom. The lowest BCUT2D eigenvalue weighted by Crippen LogP contribution is -2.42. The summed E-state index contributed by atoms with van der Waals surface area (Å²) in [6, 6.07) is 9.02. The van der Waals surface area contributed by atoms with Crippen molar-refractivity contribution in [1.29, 1.82) is 5.26 Å². The van der Waals surface area contributed by atoms with Gasteiger partial charge in [0.15, 0.2) is 0 Å². The molecule has 1 aliphatic heterocycles. The zero-order valence-electron chi connectivity index (χ0n) is 18.2. The van der Waals surface area contributed by atoms with Gasteiger partial charge in [-0.05, 0) is 57.9 Å². The van der Waals surface area contributed by atoms with E-state index in [1.807, 2.05) is 39.1 Å². The van der Waals surface area contributed by atoms with Crippen LogP contribution in [0.1, 0.15) is 45.2 Å². The Balaban J connectivity index is 1.51. The van der Waals surface area contributed by atoms with E-state index in [9.17, 15) is 4.79 Å². The van der Waals surface area contributed by atoms with Crippen LogP contribution in [0.2, 0.25) is 5.02 Å². The van der Waals surface area contributed by atoms with Gasteiger partial charge in [-0.25, -0.2) is 14.8 Å². The summed E-state index contributed by atoms with van der Waals surface area (Å²) < 4.78 is 13.5. The van der Waals surface area contributed by atoms with Crippen LogP contribution in [0.3, 0.4) is 0 Å². The molecular weight excluding hydrogens is 430 g/mol. The highest BCUT2D eigenvalue weighted by atomic mass is 35.5. The van der Waals surface area contributed by atoms with Crippen molar-refractivity contribution in [3.05, 3.63) is 47.4 Å². The van der Waals surface area contributed by atoms with E-state index in [0.717, 1.165) is 23.9 Å². The molecule has 1 fully saturated rings. The maximum absolute atomic E-state index is 12.3. The second-order valence-corrected chi connectivity index (χ2v) is 9.10. The quantitative estimate of drug-likeness (QED) is 0.532. The van der Waals surface area contributed by atoms with E-state index in [0.29, 0.717) is 35.3 Å². The van der Waals surface area contributed by atoms with Crippen LogP contribution < -0.4 is 4.74 Å². The van der Waals surface area contributed by atoms with Gasteiger partial charge in [0, 0.05) is 25.3 Å². The van der Waals surface area contributed by atoms with Gasteiger partial charge in [0.05, 0.1) is 22.0 Å². The summed E-state index contributed by atoms with van der Waals surface area (Å²) in [5.41, 5.74) is 0.713. The molecule has 0 unspecified atom stereocenters. The number of nitrogens with zero attached hydrogens (tertiary/aromatic N) is 5. The highest BCUT2D eigenvalue weighted by Crippen LogP contribution is 2.34. The number of amides is 1. The number of ether oxygens (including phenoxy) is 2. The molecule has 1 aliphatic rings. The SMILES string of the molecule is CC(C)(C)OC(=O)N1CCC(n2ccc3c(Oc4ccc(C#N)cc4Cl)ncnc32)CC1. The highest BCUT2D eigenvalue weighted by Gasteiger charge is 2.28. The molecule has 3 aromatic rings. The molecule has 1 amide bonds. The topological polar surface area (TPSA) is 93.3 Å². The van der Waals surface area contributed by atoms with Crippen molar-refractivity contribution in [2.24, 2.45) is 0 Å². The maximum atomic E-state index is 12.3. The first-order chi connectivity index (χ1) is 15.2. The number of aromatic nitrogens is 3. The molecule has 0 aliphatic carbocycles. The number of hydrogen-bond donors (Lipinski definition) is 0. The van der Waals surface area contributed by atoms with Crippen molar-refractivity contribution < 1.29 is 14.3 Å². The van der Waals surface area contributed by atoms with Crippen molar-refractivity contribution in [3.63, 3.8) is 0 Å². The van der Waals surface area contributed by atoms with E-state index >= 15 is 0 Å². The van der Waals surface area contributed by atoms with Gasteiger partial charge in [-0.15, -0.1) is 0 Å². The third-order valence-electron chi connectivity index (χ3n) is 5.25. The number of carbonyl (C=O) groups is 1. The van der Waals surface area contributed by atoms with E-state index in [2.05, 4.69) is 14.5 Å². The summed E-state index contributed by atoms with van der Waals surface area (Å²) in [5, 5.41) is 10.1. The van der Waals surface area contributed by atoms with Crippen LogP contribution in [0.4, 0.5) is 4.79 Å². The highest BCUT2D eigenvalue weighted by molar-refractivity contribution is 6.32. The van der Waals surface area contributed by atoms with Crippen LogP contribution in [-0.4, -0.2) is 44.2 Å². The third-order valence-corrected chi connectivity index (χ3v) is 5.55. The second kappa shape index (κ2) is 8.67. The van der Waals surface area contributed by atoms with Crippen molar-refractivity contribution in [1.82, 2.24) is 19.4 Å². The smallest absolute Gasteiger partial charge is 0.410 e. The van der Waals surface area contributed by atoms with Crippen LogP contribution in [0.25, 0.3) is 11.0 Å². The third kappa shape index (κ3) is 4.63. The molecule has 0 N–H and O–H groups in total. The fraction of sp³-hybridized carbons (Fsp3) is 0.391. The van der Waals surface area contributed by atoms with Crippen molar-refractivity contribution in [3.8, 4) is 17.7 Å². The van der Waals surface area contributed by atoms with E-state index in [4.69, 9.17) is 26.3 Å². The molecule has 1 aromatic carbocycles. The zero-order valence-corrected chi connectivity index (χ0v) is 19.0. The van der Waals surface area contributed by atoms with Gasteiger partial charge in [0.2, 0.25) is 5.88 Å². The number of halogens is 1. The summed E-state index contributed by atoms with van der Waals surface area (Å²) >= 11 is 6.25. The van der Waals surface area contributed by atoms with Gasteiger partial charge in [-0.1, -0.05) is 11.6 Å². The van der Waals surface area contributed by atoms with E-state index in [1.165, 1.54) is 6.33 Å². The molecule has 0 bridgehead atoms. The zero-order chi connectivity index (χ0) is 22.9. The molecule has 0 spiro atoms.